The van der Waals surface area contributed by atoms with E-state index in [1.54, 1.807) is 20.8 Å². The van der Waals surface area contributed by atoms with Crippen molar-refractivity contribution < 1.29 is 13.2 Å². The van der Waals surface area contributed by atoms with Crippen LogP contribution >= 0.6 is 11.3 Å². The van der Waals surface area contributed by atoms with Crippen LogP contribution in [-0.4, -0.2) is 37.6 Å². The molecule has 0 unspecified atom stereocenters. The Labute approximate surface area is 182 Å². The molecule has 30 heavy (non-hydrogen) atoms. The maximum absolute atomic E-state index is 12.7. The minimum absolute atomic E-state index is 0.168. The van der Waals surface area contributed by atoms with Crippen LogP contribution in [0.25, 0.3) is 0 Å². The van der Waals surface area contributed by atoms with E-state index in [0.717, 1.165) is 35.7 Å². The molecule has 8 nitrogen and oxygen atoms in total. The molecular weight excluding hydrogens is 422 g/mol. The van der Waals surface area contributed by atoms with Gasteiger partial charge in [-0.15, -0.1) is 10.2 Å². The summed E-state index contributed by atoms with van der Waals surface area (Å²) in [6.45, 7) is 9.65. The number of amides is 1. The van der Waals surface area contributed by atoms with Crippen LogP contribution in [0.2, 0.25) is 0 Å². The summed E-state index contributed by atoms with van der Waals surface area (Å²) in [6.07, 6.45) is 2.46. The van der Waals surface area contributed by atoms with E-state index >= 15 is 0 Å². The lowest BCUT2D eigenvalue weighted by Gasteiger charge is -2.33. The molecule has 10 heteroatoms. The molecule has 1 aliphatic heterocycles. The summed E-state index contributed by atoms with van der Waals surface area (Å²) in [6, 6.07) is 7.57. The zero-order valence-electron chi connectivity index (χ0n) is 17.8. The van der Waals surface area contributed by atoms with Crippen LogP contribution in [-0.2, 0) is 14.8 Å². The summed E-state index contributed by atoms with van der Waals surface area (Å²) < 4.78 is 27.8. The molecule has 0 saturated carbocycles. The molecule has 0 bridgehead atoms. The van der Waals surface area contributed by atoms with Crippen LogP contribution in [0.5, 0.6) is 0 Å². The van der Waals surface area contributed by atoms with Gasteiger partial charge in [0.1, 0.15) is 0 Å². The summed E-state index contributed by atoms with van der Waals surface area (Å²) in [4.78, 5) is 14.1. The van der Waals surface area contributed by atoms with Crippen molar-refractivity contribution in [1.82, 2.24) is 14.9 Å². The van der Waals surface area contributed by atoms with Gasteiger partial charge in [-0.3, -0.25) is 4.79 Å². The molecule has 164 valence electrons. The number of rotatable bonds is 7. The molecule has 0 spiro atoms. The standard InChI is InChI=1S/C20H29N5O3S2/c1-13(2)18(26)21-19-22-23-20(29-19)30(27,28)24-15(4)16-7-9-17(10-8-16)25-11-5-6-14(3)12-25/h7-10,13-15,24H,5-6,11-12H2,1-4H3,(H,21,22,26)/t14-,15+/m1/s1. The molecule has 0 radical (unpaired) electrons. The van der Waals surface area contributed by atoms with E-state index in [1.807, 2.05) is 24.3 Å². The Morgan fingerprint density at radius 1 is 1.20 bits per heavy atom. The normalized spacial score (nSPS) is 18.4. The van der Waals surface area contributed by atoms with Gasteiger partial charge in [-0.1, -0.05) is 44.2 Å². The van der Waals surface area contributed by atoms with Crippen LogP contribution < -0.4 is 14.9 Å². The van der Waals surface area contributed by atoms with Crippen LogP contribution in [0.3, 0.4) is 0 Å². The molecule has 0 aliphatic carbocycles. The number of anilines is 2. The summed E-state index contributed by atoms with van der Waals surface area (Å²) in [5, 5.41) is 10.2. The molecule has 1 aliphatic rings. The first kappa shape index (κ1) is 22.6. The average Bonchev–Trinajstić information content (AvgIpc) is 3.17. The lowest BCUT2D eigenvalue weighted by atomic mass is 9.99. The van der Waals surface area contributed by atoms with Crippen LogP contribution in [0.4, 0.5) is 10.8 Å². The average molecular weight is 452 g/mol. The van der Waals surface area contributed by atoms with Gasteiger partial charge in [0.05, 0.1) is 0 Å². The maximum atomic E-state index is 12.7. The number of hydrogen-bond donors (Lipinski definition) is 2. The number of piperidine rings is 1. The molecule has 2 N–H and O–H groups in total. The Morgan fingerprint density at radius 3 is 2.53 bits per heavy atom. The second kappa shape index (κ2) is 9.40. The molecule has 3 rings (SSSR count). The van der Waals surface area contributed by atoms with E-state index in [-0.39, 0.29) is 21.3 Å². The van der Waals surface area contributed by atoms with Crippen molar-refractivity contribution in [2.75, 3.05) is 23.3 Å². The van der Waals surface area contributed by atoms with Crippen molar-refractivity contribution in [3.63, 3.8) is 0 Å². The second-order valence-corrected chi connectivity index (χ2v) is 11.0. The van der Waals surface area contributed by atoms with Gasteiger partial charge >= 0.3 is 0 Å². The highest BCUT2D eigenvalue weighted by atomic mass is 32.2. The summed E-state index contributed by atoms with van der Waals surface area (Å²) in [5.41, 5.74) is 2.03. The Bertz CT molecular complexity index is 973. The van der Waals surface area contributed by atoms with Gasteiger partial charge in [0, 0.05) is 30.7 Å². The predicted molar refractivity (Wildman–Crippen MR) is 119 cm³/mol. The number of hydrogen-bond acceptors (Lipinski definition) is 7. The molecule has 1 amide bonds. The molecule has 1 fully saturated rings. The minimum atomic E-state index is -3.85. The van der Waals surface area contributed by atoms with E-state index in [4.69, 9.17) is 0 Å². The first-order valence-corrected chi connectivity index (χ1v) is 12.5. The zero-order valence-corrected chi connectivity index (χ0v) is 19.4. The van der Waals surface area contributed by atoms with E-state index < -0.39 is 16.1 Å². The molecule has 1 saturated heterocycles. The van der Waals surface area contributed by atoms with Gasteiger partial charge in [-0.05, 0) is 43.4 Å². The third-order valence-electron chi connectivity index (χ3n) is 5.14. The minimum Gasteiger partial charge on any atom is -0.371 e. The van der Waals surface area contributed by atoms with E-state index in [2.05, 4.69) is 32.1 Å². The molecule has 1 aromatic carbocycles. The van der Waals surface area contributed by atoms with Crippen molar-refractivity contribution in [3.8, 4) is 0 Å². The zero-order chi connectivity index (χ0) is 21.9. The number of nitrogens with one attached hydrogen (secondary N) is 2. The van der Waals surface area contributed by atoms with Crippen molar-refractivity contribution in [1.29, 1.82) is 0 Å². The first-order chi connectivity index (χ1) is 14.2. The van der Waals surface area contributed by atoms with Crippen molar-refractivity contribution in [2.45, 2.75) is 50.9 Å². The molecule has 2 aromatic rings. The largest absolute Gasteiger partial charge is 0.371 e. The summed E-state index contributed by atoms with van der Waals surface area (Å²) in [5.74, 6) is 0.217. The number of carbonyl (C=O) groups excluding carboxylic acids is 1. The number of sulfonamides is 1. The lowest BCUT2D eigenvalue weighted by Crippen LogP contribution is -2.34. The van der Waals surface area contributed by atoms with Crippen molar-refractivity contribution in [2.24, 2.45) is 11.8 Å². The predicted octanol–water partition coefficient (Wildman–Crippen LogP) is 3.41. The Hall–Kier alpha value is -2.04. The fourth-order valence-electron chi connectivity index (χ4n) is 3.37. The molecule has 2 heterocycles. The topological polar surface area (TPSA) is 104 Å². The van der Waals surface area contributed by atoms with Gasteiger partial charge in [0.25, 0.3) is 10.0 Å². The van der Waals surface area contributed by atoms with Gasteiger partial charge in [-0.25, -0.2) is 13.1 Å². The van der Waals surface area contributed by atoms with Gasteiger partial charge < -0.3 is 10.2 Å². The highest BCUT2D eigenvalue weighted by Gasteiger charge is 2.24. The van der Waals surface area contributed by atoms with Crippen LogP contribution in [0.1, 0.15) is 52.1 Å². The van der Waals surface area contributed by atoms with Crippen LogP contribution in [0, 0.1) is 11.8 Å². The molecular formula is C20H29N5O3S2. The highest BCUT2D eigenvalue weighted by molar-refractivity contribution is 7.91. The Balaban J connectivity index is 1.65. The number of nitrogens with zero attached hydrogens (tertiary/aromatic N) is 3. The fraction of sp³-hybridized carbons (Fsp3) is 0.550. The smallest absolute Gasteiger partial charge is 0.270 e. The monoisotopic (exact) mass is 451 g/mol. The SMILES string of the molecule is CC(C)C(=O)Nc1nnc(S(=O)(=O)N[C@@H](C)c2ccc(N3CCC[C@@H](C)C3)cc2)s1. The number of carbonyl (C=O) groups is 1. The van der Waals surface area contributed by atoms with E-state index in [9.17, 15) is 13.2 Å². The van der Waals surface area contributed by atoms with Gasteiger partial charge in [-0.2, -0.15) is 0 Å². The highest BCUT2D eigenvalue weighted by Crippen LogP contribution is 2.26. The molecule has 1 aromatic heterocycles. The van der Waals surface area contributed by atoms with Crippen molar-refractivity contribution >= 4 is 38.1 Å². The first-order valence-electron chi connectivity index (χ1n) is 10.2. The maximum Gasteiger partial charge on any atom is 0.270 e. The Morgan fingerprint density at radius 2 is 1.90 bits per heavy atom. The third kappa shape index (κ3) is 5.55. The third-order valence-corrected chi connectivity index (χ3v) is 7.88. The van der Waals surface area contributed by atoms with Crippen LogP contribution in [0.15, 0.2) is 28.6 Å². The van der Waals surface area contributed by atoms with Gasteiger partial charge in [0.15, 0.2) is 0 Å². The summed E-state index contributed by atoms with van der Waals surface area (Å²) in [7, 11) is -3.85. The number of aromatic nitrogens is 2. The quantitative estimate of drug-likeness (QED) is 0.625. The van der Waals surface area contributed by atoms with Crippen molar-refractivity contribution in [3.05, 3.63) is 29.8 Å². The van der Waals surface area contributed by atoms with E-state index in [0.29, 0.717) is 5.92 Å². The summed E-state index contributed by atoms with van der Waals surface area (Å²) >= 11 is 0.833. The Kier molecular flexibility index (Phi) is 7.10. The number of benzene rings is 1. The second-order valence-electron chi connectivity index (χ2n) is 8.14. The van der Waals surface area contributed by atoms with Gasteiger partial charge in [0.2, 0.25) is 15.4 Å². The molecule has 2 atom stereocenters. The fourth-order valence-corrected chi connectivity index (χ4v) is 5.52. The van der Waals surface area contributed by atoms with E-state index in [1.165, 1.54) is 12.8 Å². The lowest BCUT2D eigenvalue weighted by molar-refractivity contribution is -0.118.